The topological polar surface area (TPSA) is 72.5 Å². The van der Waals surface area contributed by atoms with Gasteiger partial charge in [-0.2, -0.15) is 0 Å². The minimum absolute atomic E-state index is 0.246. The Bertz CT molecular complexity index is 887. The van der Waals surface area contributed by atoms with Crippen LogP contribution < -0.4 is 5.32 Å². The fourth-order valence-corrected chi connectivity index (χ4v) is 3.47. The van der Waals surface area contributed by atoms with Gasteiger partial charge in [0.15, 0.2) is 6.61 Å². The average Bonchev–Trinajstić information content (AvgIpc) is 2.62. The van der Waals surface area contributed by atoms with Gasteiger partial charge in [-0.15, -0.1) is 11.8 Å². The zero-order valence-electron chi connectivity index (χ0n) is 13.3. The molecule has 0 spiro atoms. The Morgan fingerprint density at radius 3 is 2.73 bits per heavy atom. The Kier molecular flexibility index (Phi) is 5.32. The van der Waals surface area contributed by atoms with E-state index >= 15 is 0 Å². The minimum atomic E-state index is -0.897. The second-order valence-corrected chi connectivity index (χ2v) is 6.75. The quantitative estimate of drug-likeness (QED) is 0.640. The molecule has 1 unspecified atom stereocenters. The molecular weight excluding hydrogens is 364 g/mol. The smallest absolute Gasteiger partial charge is 0.307 e. The molecule has 1 aliphatic heterocycles. The maximum atomic E-state index is 13.5. The minimum Gasteiger partial charge on any atom is -0.457 e. The van der Waals surface area contributed by atoms with E-state index in [9.17, 15) is 23.2 Å². The van der Waals surface area contributed by atoms with Gasteiger partial charge in [-0.25, -0.2) is 8.78 Å². The number of carbonyl (C=O) groups is 3. The summed E-state index contributed by atoms with van der Waals surface area (Å²) in [5.41, 5.74) is 0.181. The number of hydrogen-bond donors (Lipinski definition) is 1. The summed E-state index contributed by atoms with van der Waals surface area (Å²) in [6.07, 6.45) is -0.246. The van der Waals surface area contributed by atoms with E-state index in [2.05, 4.69) is 5.32 Å². The van der Waals surface area contributed by atoms with Gasteiger partial charge < -0.3 is 10.1 Å². The first-order valence-corrected chi connectivity index (χ1v) is 8.52. The largest absolute Gasteiger partial charge is 0.457 e. The van der Waals surface area contributed by atoms with E-state index < -0.39 is 40.8 Å². The molecule has 0 saturated heterocycles. The number of carbonyl (C=O) groups excluding carboxylic acids is 3. The Morgan fingerprint density at radius 1 is 1.15 bits per heavy atom. The van der Waals surface area contributed by atoms with Crippen molar-refractivity contribution in [1.82, 2.24) is 0 Å². The van der Waals surface area contributed by atoms with Crippen molar-refractivity contribution in [1.29, 1.82) is 0 Å². The van der Waals surface area contributed by atoms with Crippen molar-refractivity contribution in [2.45, 2.75) is 16.6 Å². The molecule has 2 aromatic carbocycles. The van der Waals surface area contributed by atoms with Gasteiger partial charge in [0.05, 0.1) is 22.9 Å². The molecule has 1 aliphatic rings. The first-order chi connectivity index (χ1) is 12.4. The summed E-state index contributed by atoms with van der Waals surface area (Å²) >= 11 is 1.22. The number of rotatable bonds is 5. The lowest BCUT2D eigenvalue weighted by Crippen LogP contribution is -2.31. The number of ketones is 1. The van der Waals surface area contributed by atoms with E-state index in [0.29, 0.717) is 5.69 Å². The van der Waals surface area contributed by atoms with E-state index in [1.54, 1.807) is 12.1 Å². The molecule has 0 fully saturated rings. The summed E-state index contributed by atoms with van der Waals surface area (Å²) in [6, 6.07) is 9.61. The van der Waals surface area contributed by atoms with Crippen molar-refractivity contribution in [3.8, 4) is 0 Å². The molecule has 0 aliphatic carbocycles. The fraction of sp³-hybridized carbons (Fsp3) is 0.167. The van der Waals surface area contributed by atoms with Gasteiger partial charge in [0.1, 0.15) is 11.6 Å². The highest BCUT2D eigenvalue weighted by atomic mass is 32.2. The summed E-state index contributed by atoms with van der Waals surface area (Å²) in [4.78, 5) is 36.7. The van der Waals surface area contributed by atoms with Crippen LogP contribution in [0.1, 0.15) is 16.8 Å². The first kappa shape index (κ1) is 18.1. The van der Waals surface area contributed by atoms with Gasteiger partial charge in [-0.05, 0) is 30.3 Å². The number of Topliss-reactive ketones (excluding diaryl/α,β-unsaturated/α-hetero) is 1. The summed E-state index contributed by atoms with van der Waals surface area (Å²) in [5.74, 6) is -3.64. The normalized spacial score (nSPS) is 15.8. The number of esters is 1. The van der Waals surface area contributed by atoms with Crippen LogP contribution in [0.2, 0.25) is 0 Å². The second kappa shape index (κ2) is 7.65. The highest BCUT2D eigenvalue weighted by Crippen LogP contribution is 2.36. The average molecular weight is 377 g/mol. The monoisotopic (exact) mass is 377 g/mol. The summed E-state index contributed by atoms with van der Waals surface area (Å²) < 4.78 is 31.5. The van der Waals surface area contributed by atoms with Crippen molar-refractivity contribution in [2.24, 2.45) is 0 Å². The SMILES string of the molecule is O=C(CC1Sc2ccccc2NC1=O)OCC(=O)c1cc(F)ccc1F. The molecule has 2 aromatic rings. The highest BCUT2D eigenvalue weighted by Gasteiger charge is 2.29. The molecule has 0 bridgehead atoms. The third kappa shape index (κ3) is 4.08. The molecule has 8 heteroatoms. The number of amides is 1. The van der Waals surface area contributed by atoms with Gasteiger partial charge in [0, 0.05) is 4.90 Å². The van der Waals surface area contributed by atoms with Crippen LogP contribution in [0.4, 0.5) is 14.5 Å². The number of benzene rings is 2. The van der Waals surface area contributed by atoms with E-state index in [4.69, 9.17) is 4.74 Å². The molecule has 1 heterocycles. The van der Waals surface area contributed by atoms with Crippen molar-refractivity contribution >= 4 is 35.1 Å². The maximum absolute atomic E-state index is 13.5. The van der Waals surface area contributed by atoms with Crippen LogP contribution >= 0.6 is 11.8 Å². The van der Waals surface area contributed by atoms with Gasteiger partial charge in [-0.3, -0.25) is 14.4 Å². The van der Waals surface area contributed by atoms with Crippen LogP contribution in [-0.2, 0) is 14.3 Å². The Hall–Kier alpha value is -2.74. The van der Waals surface area contributed by atoms with Crippen molar-refractivity contribution in [3.63, 3.8) is 0 Å². The van der Waals surface area contributed by atoms with Crippen LogP contribution in [0.5, 0.6) is 0 Å². The van der Waals surface area contributed by atoms with Gasteiger partial charge in [0.2, 0.25) is 11.7 Å². The highest BCUT2D eigenvalue weighted by molar-refractivity contribution is 8.01. The van der Waals surface area contributed by atoms with Crippen LogP contribution in [0, 0.1) is 11.6 Å². The lowest BCUT2D eigenvalue weighted by atomic mass is 10.1. The van der Waals surface area contributed by atoms with Crippen molar-refractivity contribution in [2.75, 3.05) is 11.9 Å². The number of thioether (sulfide) groups is 1. The van der Waals surface area contributed by atoms with Crippen LogP contribution in [0.15, 0.2) is 47.4 Å². The Balaban J connectivity index is 1.57. The first-order valence-electron chi connectivity index (χ1n) is 7.64. The predicted octanol–water partition coefficient (Wildman–Crippen LogP) is 3.19. The van der Waals surface area contributed by atoms with Gasteiger partial charge in [-0.1, -0.05) is 12.1 Å². The third-order valence-electron chi connectivity index (χ3n) is 3.65. The summed E-state index contributed by atoms with van der Waals surface area (Å²) in [7, 11) is 0. The van der Waals surface area contributed by atoms with Crippen LogP contribution in [-0.4, -0.2) is 29.5 Å². The number of halogens is 2. The Labute approximate surface area is 151 Å². The zero-order chi connectivity index (χ0) is 18.7. The number of anilines is 1. The fourth-order valence-electron chi connectivity index (χ4n) is 2.37. The number of ether oxygens (including phenoxy) is 1. The number of fused-ring (bicyclic) bond motifs is 1. The molecule has 0 aromatic heterocycles. The standard InChI is InChI=1S/C18H13F2NO4S/c19-10-5-6-12(20)11(7-10)14(22)9-25-17(23)8-16-18(24)21-13-3-1-2-4-15(13)26-16/h1-7,16H,8-9H2,(H,21,24). The predicted molar refractivity (Wildman–Crippen MR) is 91.0 cm³/mol. The number of nitrogens with one attached hydrogen (secondary N) is 1. The molecule has 1 amide bonds. The summed E-state index contributed by atoms with van der Waals surface area (Å²) in [5, 5.41) is 2.00. The Morgan fingerprint density at radius 2 is 1.92 bits per heavy atom. The van der Waals surface area contributed by atoms with Gasteiger partial charge in [0.25, 0.3) is 0 Å². The number of para-hydroxylation sites is 1. The van der Waals surface area contributed by atoms with E-state index in [1.807, 2.05) is 12.1 Å². The maximum Gasteiger partial charge on any atom is 0.307 e. The van der Waals surface area contributed by atoms with E-state index in [-0.39, 0.29) is 12.3 Å². The van der Waals surface area contributed by atoms with Crippen molar-refractivity contribution < 1.29 is 27.9 Å². The molecule has 5 nitrogen and oxygen atoms in total. The molecule has 26 heavy (non-hydrogen) atoms. The molecule has 3 rings (SSSR count). The third-order valence-corrected chi connectivity index (χ3v) is 4.93. The molecule has 0 saturated carbocycles. The van der Waals surface area contributed by atoms with E-state index in [1.165, 1.54) is 11.8 Å². The lowest BCUT2D eigenvalue weighted by molar-refractivity contribution is -0.143. The molecule has 1 atom stereocenters. The van der Waals surface area contributed by atoms with Gasteiger partial charge >= 0.3 is 5.97 Å². The molecule has 0 radical (unpaired) electrons. The van der Waals surface area contributed by atoms with Crippen LogP contribution in [0.3, 0.4) is 0 Å². The summed E-state index contributed by atoms with van der Waals surface area (Å²) in [6.45, 7) is -0.727. The molecule has 134 valence electrons. The second-order valence-electron chi connectivity index (χ2n) is 5.50. The molecule has 1 N–H and O–H groups in total. The lowest BCUT2D eigenvalue weighted by Gasteiger charge is -2.23. The van der Waals surface area contributed by atoms with Crippen molar-refractivity contribution in [3.05, 3.63) is 59.7 Å². The van der Waals surface area contributed by atoms with E-state index in [0.717, 1.165) is 23.1 Å². The number of hydrogen-bond acceptors (Lipinski definition) is 5. The molecular formula is C18H13F2NO4S. The zero-order valence-corrected chi connectivity index (χ0v) is 14.1. The van der Waals surface area contributed by atoms with Crippen LogP contribution in [0.25, 0.3) is 0 Å².